The Labute approximate surface area is 299 Å². The Kier molecular flexibility index (Phi) is 10.4. The van der Waals surface area contributed by atoms with Gasteiger partial charge in [0.1, 0.15) is 28.7 Å². The Hall–Kier alpha value is -7.20. The average Bonchev–Trinajstić information content (AvgIpc) is 3.13. The quantitative estimate of drug-likeness (QED) is 0.0992. The molecule has 0 aliphatic rings. The molecule has 0 spiro atoms. The van der Waals surface area contributed by atoms with Gasteiger partial charge in [-0.25, -0.2) is 0 Å². The van der Waals surface area contributed by atoms with E-state index in [-0.39, 0.29) is 28.6 Å². The van der Waals surface area contributed by atoms with E-state index in [0.29, 0.717) is 51.2 Å². The lowest BCUT2D eigenvalue weighted by molar-refractivity contribution is 0.100. The van der Waals surface area contributed by atoms with Gasteiger partial charge in [-0.2, -0.15) is 0 Å². The van der Waals surface area contributed by atoms with Gasteiger partial charge in [-0.1, -0.05) is 42.0 Å². The molecule has 10 heteroatoms. The fraction of sp³-hybridized carbons (Fsp3) is 0.0476. The van der Waals surface area contributed by atoms with Crippen molar-refractivity contribution in [2.45, 2.75) is 13.8 Å². The molecule has 0 aliphatic heterocycles. The molecule has 0 unspecified atom stereocenters. The fourth-order valence-electron chi connectivity index (χ4n) is 5.12. The van der Waals surface area contributed by atoms with Crippen molar-refractivity contribution < 1.29 is 33.8 Å². The van der Waals surface area contributed by atoms with Crippen LogP contribution >= 0.6 is 0 Å². The zero-order valence-electron chi connectivity index (χ0n) is 28.2. The maximum atomic E-state index is 13.1. The van der Waals surface area contributed by atoms with Crippen LogP contribution in [0.3, 0.4) is 0 Å². The van der Waals surface area contributed by atoms with E-state index in [1.54, 1.807) is 97.1 Å². The third-order valence-electron chi connectivity index (χ3n) is 7.76. The van der Waals surface area contributed by atoms with Gasteiger partial charge in [-0.15, -0.1) is 0 Å². The van der Waals surface area contributed by atoms with Crippen molar-refractivity contribution in [3.8, 4) is 28.7 Å². The number of carbonyl (C=O) groups is 4. The number of ether oxygens (including phenoxy) is 2. The number of ketones is 1. The molecule has 0 aromatic heterocycles. The molecule has 6 rings (SSSR count). The van der Waals surface area contributed by atoms with E-state index < -0.39 is 11.8 Å². The van der Waals surface area contributed by atoms with E-state index in [0.717, 1.165) is 5.56 Å². The zero-order chi connectivity index (χ0) is 36.6. The number of aromatic hydroxyl groups is 1. The third kappa shape index (κ3) is 9.07. The minimum atomic E-state index is -0.538. The summed E-state index contributed by atoms with van der Waals surface area (Å²) < 4.78 is 11.8. The van der Waals surface area contributed by atoms with Crippen LogP contribution in [0.25, 0.3) is 0 Å². The molecule has 0 atom stereocenters. The molecule has 4 N–H and O–H groups in total. The van der Waals surface area contributed by atoms with Gasteiger partial charge in [-0.05, 0) is 105 Å². The first-order valence-electron chi connectivity index (χ1n) is 16.2. The Morgan fingerprint density at radius 2 is 0.904 bits per heavy atom. The number of carbonyl (C=O) groups excluding carboxylic acids is 4. The molecule has 6 aromatic carbocycles. The molecule has 0 aliphatic carbocycles. The van der Waals surface area contributed by atoms with E-state index >= 15 is 0 Å². The summed E-state index contributed by atoms with van der Waals surface area (Å²) in [6.07, 6.45) is 0. The standard InChI is InChI=1S/C42H33N3O7/c1-26-12-16-36(17-13-26)51-38-10-5-9-34(25-38)45-42(50)31-21-30(22-35(47)23-31)41(49)43-32-14-18-37(19-15-32)52-39-11-4-8-33(24-39)44-40(48)29-7-3-6-28(20-29)27(2)46/h3-25,47H,1-2H3,(H,43,49)(H,44,48)(H,45,50). The Morgan fingerprint density at radius 1 is 0.462 bits per heavy atom. The van der Waals surface area contributed by atoms with Crippen LogP contribution in [0.2, 0.25) is 0 Å². The summed E-state index contributed by atoms with van der Waals surface area (Å²) in [6.45, 7) is 3.43. The SMILES string of the molecule is CC(=O)c1cccc(C(=O)Nc2cccc(Oc3ccc(NC(=O)c4cc(O)cc(C(=O)Nc5cccc(Oc6ccc(C)cc6)c5)c4)cc3)c2)c1. The van der Waals surface area contributed by atoms with E-state index in [1.165, 1.54) is 25.1 Å². The first-order chi connectivity index (χ1) is 25.1. The molecule has 0 saturated heterocycles. The minimum absolute atomic E-state index is 0.0776. The number of rotatable bonds is 11. The summed E-state index contributed by atoms with van der Waals surface area (Å²) in [7, 11) is 0. The molecule has 258 valence electrons. The molecule has 10 nitrogen and oxygen atoms in total. The second-order valence-corrected chi connectivity index (χ2v) is 11.9. The van der Waals surface area contributed by atoms with E-state index in [2.05, 4.69) is 16.0 Å². The molecule has 0 bridgehead atoms. The van der Waals surface area contributed by atoms with Gasteiger partial charge in [0.2, 0.25) is 0 Å². The van der Waals surface area contributed by atoms with Gasteiger partial charge in [0, 0.05) is 51.4 Å². The largest absolute Gasteiger partial charge is 0.508 e. The van der Waals surface area contributed by atoms with Crippen LogP contribution in [0.5, 0.6) is 28.7 Å². The number of benzene rings is 6. The first kappa shape index (κ1) is 34.7. The number of aryl methyl sites for hydroxylation is 1. The lowest BCUT2D eigenvalue weighted by atomic mass is 10.1. The van der Waals surface area contributed by atoms with E-state index in [4.69, 9.17) is 9.47 Å². The molecule has 0 radical (unpaired) electrons. The van der Waals surface area contributed by atoms with Gasteiger partial charge < -0.3 is 30.5 Å². The average molecular weight is 692 g/mol. The highest BCUT2D eigenvalue weighted by Crippen LogP contribution is 2.28. The fourth-order valence-corrected chi connectivity index (χ4v) is 5.12. The smallest absolute Gasteiger partial charge is 0.255 e. The summed E-state index contributed by atoms with van der Waals surface area (Å²) in [6, 6.07) is 38.3. The second-order valence-electron chi connectivity index (χ2n) is 11.9. The summed E-state index contributed by atoms with van der Waals surface area (Å²) in [5, 5.41) is 18.7. The minimum Gasteiger partial charge on any atom is -0.508 e. The number of phenolic OH excluding ortho intramolecular Hbond substituents is 1. The van der Waals surface area contributed by atoms with Crippen LogP contribution in [-0.4, -0.2) is 28.6 Å². The molecule has 0 heterocycles. The van der Waals surface area contributed by atoms with Gasteiger partial charge in [0.15, 0.2) is 5.78 Å². The Balaban J connectivity index is 1.06. The van der Waals surface area contributed by atoms with Gasteiger partial charge in [-0.3, -0.25) is 19.2 Å². The maximum absolute atomic E-state index is 13.1. The summed E-state index contributed by atoms with van der Waals surface area (Å²) >= 11 is 0. The maximum Gasteiger partial charge on any atom is 0.255 e. The third-order valence-corrected chi connectivity index (χ3v) is 7.76. The molecular weight excluding hydrogens is 658 g/mol. The first-order valence-corrected chi connectivity index (χ1v) is 16.2. The molecule has 52 heavy (non-hydrogen) atoms. The van der Waals surface area contributed by atoms with Crippen LogP contribution < -0.4 is 25.4 Å². The van der Waals surface area contributed by atoms with Crippen LogP contribution in [0.15, 0.2) is 140 Å². The topological polar surface area (TPSA) is 143 Å². The van der Waals surface area contributed by atoms with Crippen molar-refractivity contribution in [2.24, 2.45) is 0 Å². The van der Waals surface area contributed by atoms with Crippen LogP contribution in [0.4, 0.5) is 17.1 Å². The van der Waals surface area contributed by atoms with Gasteiger partial charge in [0.25, 0.3) is 17.7 Å². The number of amides is 3. The molecule has 6 aromatic rings. The van der Waals surface area contributed by atoms with Crippen LogP contribution in [0.1, 0.15) is 53.9 Å². The molecular formula is C42H33N3O7. The highest BCUT2D eigenvalue weighted by atomic mass is 16.5. The molecule has 3 amide bonds. The number of hydrogen-bond acceptors (Lipinski definition) is 7. The summed E-state index contributed by atoms with van der Waals surface area (Å²) in [5.41, 5.74) is 3.49. The van der Waals surface area contributed by atoms with Gasteiger partial charge >= 0.3 is 0 Å². The van der Waals surface area contributed by atoms with Crippen molar-refractivity contribution >= 4 is 40.6 Å². The Morgan fingerprint density at radius 3 is 1.44 bits per heavy atom. The number of phenols is 1. The lowest BCUT2D eigenvalue weighted by Gasteiger charge is -2.11. The Bertz CT molecular complexity index is 2280. The van der Waals surface area contributed by atoms with Crippen LogP contribution in [-0.2, 0) is 0 Å². The summed E-state index contributed by atoms with van der Waals surface area (Å²) in [4.78, 5) is 50.7. The number of hydrogen-bond donors (Lipinski definition) is 4. The van der Waals surface area contributed by atoms with Gasteiger partial charge in [0.05, 0.1) is 0 Å². The highest BCUT2D eigenvalue weighted by Gasteiger charge is 2.15. The van der Waals surface area contributed by atoms with Crippen molar-refractivity contribution in [1.29, 1.82) is 0 Å². The summed E-state index contributed by atoms with van der Waals surface area (Å²) in [5.74, 6) is 0.310. The number of nitrogens with one attached hydrogen (secondary N) is 3. The monoisotopic (exact) mass is 691 g/mol. The lowest BCUT2D eigenvalue weighted by Crippen LogP contribution is -2.15. The molecule has 0 saturated carbocycles. The van der Waals surface area contributed by atoms with Crippen molar-refractivity contribution in [1.82, 2.24) is 0 Å². The van der Waals surface area contributed by atoms with E-state index in [1.807, 2.05) is 31.2 Å². The van der Waals surface area contributed by atoms with Crippen molar-refractivity contribution in [3.63, 3.8) is 0 Å². The molecule has 0 fully saturated rings. The predicted octanol–water partition coefficient (Wildman–Crippen LogP) is 9.24. The van der Waals surface area contributed by atoms with Crippen molar-refractivity contribution in [2.75, 3.05) is 16.0 Å². The highest BCUT2D eigenvalue weighted by molar-refractivity contribution is 6.09. The van der Waals surface area contributed by atoms with E-state index in [9.17, 15) is 24.3 Å². The predicted molar refractivity (Wildman–Crippen MR) is 199 cm³/mol. The number of Topliss-reactive ketones (excluding diaryl/α,β-unsaturated/α-hetero) is 1. The van der Waals surface area contributed by atoms with Crippen molar-refractivity contribution in [3.05, 3.63) is 167 Å². The second kappa shape index (κ2) is 15.6. The number of anilines is 3. The van der Waals surface area contributed by atoms with Crippen LogP contribution in [0, 0.1) is 6.92 Å². The normalized spacial score (nSPS) is 10.5. The zero-order valence-corrected chi connectivity index (χ0v) is 28.2.